The van der Waals surface area contributed by atoms with Crippen molar-refractivity contribution < 1.29 is 8.42 Å². The van der Waals surface area contributed by atoms with E-state index in [-0.39, 0.29) is 12.4 Å². The molecule has 23 heavy (non-hydrogen) atoms. The summed E-state index contributed by atoms with van der Waals surface area (Å²) in [4.78, 5) is 0. The molecular formula is C16H36ClN3O2S. The minimum Gasteiger partial charge on any atom is -0.317 e. The van der Waals surface area contributed by atoms with Crippen LogP contribution in [0.25, 0.3) is 0 Å². The molecule has 0 aliphatic carbocycles. The highest BCUT2D eigenvalue weighted by atomic mass is 35.5. The number of piperidine rings is 1. The molecule has 5 nitrogen and oxygen atoms in total. The molecule has 0 amide bonds. The van der Waals surface area contributed by atoms with Gasteiger partial charge in [-0.3, -0.25) is 0 Å². The molecule has 1 saturated heterocycles. The Morgan fingerprint density at radius 2 is 1.48 bits per heavy atom. The number of halogens is 1. The second kappa shape index (κ2) is 10.9. The molecule has 140 valence electrons. The van der Waals surface area contributed by atoms with Gasteiger partial charge in [-0.15, -0.1) is 12.4 Å². The Balaban J connectivity index is 0.00000484. The van der Waals surface area contributed by atoms with E-state index in [0.717, 1.165) is 25.7 Å². The number of hydrogen-bond acceptors (Lipinski definition) is 3. The van der Waals surface area contributed by atoms with E-state index in [1.54, 1.807) is 8.61 Å². The zero-order valence-electron chi connectivity index (χ0n) is 15.4. The second-order valence-corrected chi connectivity index (χ2v) is 9.16. The van der Waals surface area contributed by atoms with Crippen LogP contribution in [0, 0.1) is 11.8 Å². The molecule has 0 spiro atoms. The van der Waals surface area contributed by atoms with Gasteiger partial charge in [0, 0.05) is 32.2 Å². The molecule has 1 aliphatic rings. The number of hydrogen-bond donors (Lipinski definition) is 1. The average Bonchev–Trinajstić information content (AvgIpc) is 2.46. The van der Waals surface area contributed by atoms with Crippen LogP contribution in [0.4, 0.5) is 0 Å². The van der Waals surface area contributed by atoms with Gasteiger partial charge in [0.2, 0.25) is 0 Å². The van der Waals surface area contributed by atoms with Crippen LogP contribution in [-0.4, -0.2) is 56.3 Å². The fourth-order valence-electron chi connectivity index (χ4n) is 2.69. The average molecular weight is 370 g/mol. The van der Waals surface area contributed by atoms with Crippen LogP contribution < -0.4 is 5.32 Å². The van der Waals surface area contributed by atoms with E-state index in [2.05, 4.69) is 33.0 Å². The van der Waals surface area contributed by atoms with E-state index in [1.807, 2.05) is 7.05 Å². The molecule has 1 aliphatic heterocycles. The third kappa shape index (κ3) is 7.69. The van der Waals surface area contributed by atoms with Crippen molar-refractivity contribution in [3.63, 3.8) is 0 Å². The Bertz CT molecular complexity index is 396. The predicted molar refractivity (Wildman–Crippen MR) is 100 cm³/mol. The molecule has 1 heterocycles. The Labute approximate surface area is 149 Å². The lowest BCUT2D eigenvalue weighted by Gasteiger charge is -2.35. The monoisotopic (exact) mass is 369 g/mol. The van der Waals surface area contributed by atoms with Crippen molar-refractivity contribution in [2.24, 2.45) is 11.8 Å². The Morgan fingerprint density at radius 3 is 1.83 bits per heavy atom. The maximum atomic E-state index is 12.9. The summed E-state index contributed by atoms with van der Waals surface area (Å²) in [6.45, 7) is 11.1. The zero-order valence-corrected chi connectivity index (χ0v) is 17.0. The minimum atomic E-state index is -3.31. The zero-order chi connectivity index (χ0) is 16.8. The summed E-state index contributed by atoms with van der Waals surface area (Å²) < 4.78 is 29.3. The Hall–Kier alpha value is 0.120. The van der Waals surface area contributed by atoms with Crippen LogP contribution in [0.2, 0.25) is 0 Å². The van der Waals surface area contributed by atoms with Crippen molar-refractivity contribution in [2.75, 3.05) is 33.2 Å². The van der Waals surface area contributed by atoms with Gasteiger partial charge in [-0.2, -0.15) is 17.0 Å². The van der Waals surface area contributed by atoms with E-state index in [0.29, 0.717) is 44.1 Å². The van der Waals surface area contributed by atoms with Crippen molar-refractivity contribution >= 4 is 22.6 Å². The summed E-state index contributed by atoms with van der Waals surface area (Å²) in [5, 5.41) is 3.25. The molecule has 1 N–H and O–H groups in total. The molecule has 0 saturated carbocycles. The van der Waals surface area contributed by atoms with Gasteiger partial charge in [-0.1, -0.05) is 27.7 Å². The molecule has 0 aromatic carbocycles. The van der Waals surface area contributed by atoms with Crippen molar-refractivity contribution in [3.05, 3.63) is 0 Å². The van der Waals surface area contributed by atoms with Crippen LogP contribution in [0.15, 0.2) is 0 Å². The van der Waals surface area contributed by atoms with Crippen molar-refractivity contribution in [1.29, 1.82) is 0 Å². The van der Waals surface area contributed by atoms with E-state index < -0.39 is 10.2 Å². The molecule has 0 atom stereocenters. The first-order chi connectivity index (χ1) is 10.3. The van der Waals surface area contributed by atoms with Crippen LogP contribution >= 0.6 is 12.4 Å². The molecule has 0 bridgehead atoms. The van der Waals surface area contributed by atoms with E-state index >= 15 is 0 Å². The summed E-state index contributed by atoms with van der Waals surface area (Å²) in [6.07, 6.45) is 3.64. The molecule has 0 aromatic heterocycles. The summed E-state index contributed by atoms with van der Waals surface area (Å²) in [6, 6.07) is 0.450. The fraction of sp³-hybridized carbons (Fsp3) is 1.00. The van der Waals surface area contributed by atoms with E-state index in [4.69, 9.17) is 0 Å². The lowest BCUT2D eigenvalue weighted by Crippen LogP contribution is -2.50. The highest BCUT2D eigenvalue weighted by Crippen LogP contribution is 2.19. The van der Waals surface area contributed by atoms with Gasteiger partial charge in [0.05, 0.1) is 0 Å². The summed E-state index contributed by atoms with van der Waals surface area (Å²) >= 11 is 0. The Kier molecular flexibility index (Phi) is 10.9. The summed E-state index contributed by atoms with van der Waals surface area (Å²) in [5.41, 5.74) is 0. The lowest BCUT2D eigenvalue weighted by molar-refractivity contribution is 0.265. The molecule has 7 heteroatoms. The number of nitrogens with one attached hydrogen (secondary N) is 1. The van der Waals surface area contributed by atoms with Gasteiger partial charge in [0.1, 0.15) is 0 Å². The van der Waals surface area contributed by atoms with Gasteiger partial charge >= 0.3 is 0 Å². The van der Waals surface area contributed by atoms with Gasteiger partial charge in [-0.25, -0.2) is 0 Å². The van der Waals surface area contributed by atoms with Crippen molar-refractivity contribution in [1.82, 2.24) is 13.9 Å². The first-order valence-electron chi connectivity index (χ1n) is 8.69. The highest BCUT2D eigenvalue weighted by molar-refractivity contribution is 7.86. The van der Waals surface area contributed by atoms with E-state index in [1.165, 1.54) is 0 Å². The van der Waals surface area contributed by atoms with Gasteiger partial charge in [-0.05, 0) is 44.6 Å². The van der Waals surface area contributed by atoms with Gasteiger partial charge in [0.25, 0.3) is 10.2 Å². The number of rotatable bonds is 9. The molecule has 0 aromatic rings. The maximum absolute atomic E-state index is 12.9. The first kappa shape index (κ1) is 23.1. The van der Waals surface area contributed by atoms with Crippen molar-refractivity contribution in [2.45, 2.75) is 59.4 Å². The van der Waals surface area contributed by atoms with Crippen LogP contribution in [-0.2, 0) is 10.2 Å². The molecule has 0 radical (unpaired) electrons. The summed E-state index contributed by atoms with van der Waals surface area (Å²) in [5.74, 6) is 1.04. The molecular weight excluding hydrogens is 334 g/mol. The lowest BCUT2D eigenvalue weighted by atomic mass is 10.1. The van der Waals surface area contributed by atoms with Gasteiger partial charge < -0.3 is 5.32 Å². The first-order valence-corrected chi connectivity index (χ1v) is 10.1. The third-order valence-electron chi connectivity index (χ3n) is 4.43. The van der Waals surface area contributed by atoms with Gasteiger partial charge in [0.15, 0.2) is 0 Å². The van der Waals surface area contributed by atoms with Crippen LogP contribution in [0.3, 0.4) is 0 Å². The minimum absolute atomic E-state index is 0. The quantitative estimate of drug-likeness (QED) is 0.679. The second-order valence-electron chi connectivity index (χ2n) is 7.23. The normalized spacial score (nSPS) is 17.9. The largest absolute Gasteiger partial charge is 0.317 e. The highest BCUT2D eigenvalue weighted by Gasteiger charge is 2.32. The predicted octanol–water partition coefficient (Wildman–Crippen LogP) is 2.73. The van der Waals surface area contributed by atoms with E-state index in [9.17, 15) is 8.42 Å². The fourth-order valence-corrected chi connectivity index (χ4v) is 4.36. The van der Waals surface area contributed by atoms with Crippen LogP contribution in [0.1, 0.15) is 53.4 Å². The Morgan fingerprint density at radius 1 is 1.04 bits per heavy atom. The summed E-state index contributed by atoms with van der Waals surface area (Å²) in [7, 11) is -1.36. The molecule has 0 unspecified atom stereocenters. The maximum Gasteiger partial charge on any atom is 0.281 e. The van der Waals surface area contributed by atoms with Crippen molar-refractivity contribution in [3.8, 4) is 0 Å². The SMILES string of the molecule is CNC1CCN(S(=O)(=O)N(CCC(C)C)CCC(C)C)CC1.Cl. The number of nitrogens with zero attached hydrogens (tertiary/aromatic N) is 2. The third-order valence-corrected chi connectivity index (χ3v) is 6.46. The van der Waals surface area contributed by atoms with Crippen LogP contribution in [0.5, 0.6) is 0 Å². The molecule has 1 rings (SSSR count). The standard InChI is InChI=1S/C16H35N3O2S.ClH/c1-14(2)6-10-18(11-7-15(3)4)22(20,21)19-12-8-16(17-5)9-13-19;/h14-17H,6-13H2,1-5H3;1H. The smallest absolute Gasteiger partial charge is 0.281 e. The topological polar surface area (TPSA) is 52.7 Å². The molecule has 1 fully saturated rings.